The van der Waals surface area contributed by atoms with Gasteiger partial charge in [0.05, 0.1) is 11.4 Å². The van der Waals surface area contributed by atoms with Crippen molar-refractivity contribution >= 4 is 34.5 Å². The first kappa shape index (κ1) is 14.5. The van der Waals surface area contributed by atoms with Gasteiger partial charge in [0.25, 0.3) is 0 Å². The van der Waals surface area contributed by atoms with Crippen molar-refractivity contribution in [3.8, 4) is 11.1 Å². The fourth-order valence-electron chi connectivity index (χ4n) is 2.47. The largest absolute Gasteiger partial charge is 0.481 e. The van der Waals surface area contributed by atoms with Gasteiger partial charge in [0.1, 0.15) is 12.1 Å². The lowest BCUT2D eigenvalue weighted by Crippen LogP contribution is -2.10. The standard InChI is InChI=1S/C16H12FNO3S/c17-13-3-1-2-10-12(7-18-15(10)13)9-6-14(22-8-9)11(4-5-19)16(20)21/h1-3,5-8,11,18H,4H2,(H,20,21). The molecular weight excluding hydrogens is 305 g/mol. The van der Waals surface area contributed by atoms with Crippen LogP contribution >= 0.6 is 11.3 Å². The number of rotatable bonds is 5. The summed E-state index contributed by atoms with van der Waals surface area (Å²) in [4.78, 5) is 25.4. The van der Waals surface area contributed by atoms with Crippen LogP contribution in [0, 0.1) is 5.82 Å². The summed E-state index contributed by atoms with van der Waals surface area (Å²) in [6, 6.07) is 6.57. The molecule has 3 rings (SSSR count). The second-order valence-electron chi connectivity index (χ2n) is 4.90. The molecule has 0 radical (unpaired) electrons. The molecule has 3 aromatic rings. The number of nitrogens with one attached hydrogen (secondary N) is 1. The summed E-state index contributed by atoms with van der Waals surface area (Å²) in [5.74, 6) is -2.19. The first-order valence-corrected chi connectivity index (χ1v) is 7.50. The van der Waals surface area contributed by atoms with E-state index in [0.717, 1.165) is 16.5 Å². The van der Waals surface area contributed by atoms with Gasteiger partial charge < -0.3 is 14.9 Å². The molecule has 1 unspecified atom stereocenters. The van der Waals surface area contributed by atoms with Crippen molar-refractivity contribution in [2.75, 3.05) is 0 Å². The highest BCUT2D eigenvalue weighted by Gasteiger charge is 2.22. The Hall–Kier alpha value is -2.47. The number of aliphatic carboxylic acids is 1. The Kier molecular flexibility index (Phi) is 3.77. The molecule has 0 aliphatic heterocycles. The minimum absolute atomic E-state index is 0.0577. The Morgan fingerprint density at radius 3 is 3.00 bits per heavy atom. The third-order valence-corrected chi connectivity index (χ3v) is 4.62. The molecule has 0 aliphatic rings. The van der Waals surface area contributed by atoms with E-state index in [1.54, 1.807) is 18.3 Å². The molecule has 4 nitrogen and oxygen atoms in total. The molecule has 1 atom stereocenters. The first-order valence-electron chi connectivity index (χ1n) is 6.62. The number of carbonyl (C=O) groups is 2. The summed E-state index contributed by atoms with van der Waals surface area (Å²) >= 11 is 1.29. The maximum absolute atomic E-state index is 13.7. The number of thiophene rings is 1. The lowest BCUT2D eigenvalue weighted by Gasteiger charge is -2.05. The highest BCUT2D eigenvalue weighted by molar-refractivity contribution is 7.10. The Morgan fingerprint density at radius 2 is 2.27 bits per heavy atom. The van der Waals surface area contributed by atoms with Crippen molar-refractivity contribution in [3.63, 3.8) is 0 Å². The predicted octanol–water partition coefficient (Wildman–Crippen LogP) is 3.79. The third-order valence-electron chi connectivity index (χ3n) is 3.57. The van der Waals surface area contributed by atoms with Crippen LogP contribution in [0.1, 0.15) is 17.2 Å². The Bertz CT molecular complexity index is 852. The van der Waals surface area contributed by atoms with Crippen LogP contribution in [0.2, 0.25) is 0 Å². The van der Waals surface area contributed by atoms with Gasteiger partial charge in [-0.2, -0.15) is 0 Å². The SMILES string of the molecule is O=CCC(C(=O)O)c1cc(-c2c[nH]c3c(F)cccc23)cs1. The number of carbonyl (C=O) groups excluding carboxylic acids is 1. The van der Waals surface area contributed by atoms with Crippen LogP contribution < -0.4 is 0 Å². The summed E-state index contributed by atoms with van der Waals surface area (Å²) < 4.78 is 13.7. The quantitative estimate of drug-likeness (QED) is 0.703. The van der Waals surface area contributed by atoms with E-state index in [2.05, 4.69) is 4.98 Å². The van der Waals surface area contributed by atoms with Gasteiger partial charge >= 0.3 is 5.97 Å². The number of hydrogen-bond acceptors (Lipinski definition) is 3. The highest BCUT2D eigenvalue weighted by atomic mass is 32.1. The van der Waals surface area contributed by atoms with E-state index in [9.17, 15) is 19.1 Å². The van der Waals surface area contributed by atoms with E-state index in [4.69, 9.17) is 0 Å². The van der Waals surface area contributed by atoms with Gasteiger partial charge in [0.15, 0.2) is 0 Å². The number of benzene rings is 1. The van der Waals surface area contributed by atoms with E-state index in [1.807, 2.05) is 11.4 Å². The molecular formula is C16H12FNO3S. The van der Waals surface area contributed by atoms with E-state index in [1.165, 1.54) is 17.4 Å². The monoisotopic (exact) mass is 317 g/mol. The predicted molar refractivity (Wildman–Crippen MR) is 82.6 cm³/mol. The fraction of sp³-hybridized carbons (Fsp3) is 0.125. The zero-order valence-corrected chi connectivity index (χ0v) is 12.2. The summed E-state index contributed by atoms with van der Waals surface area (Å²) in [5, 5.41) is 11.8. The lowest BCUT2D eigenvalue weighted by molar-refractivity contribution is -0.139. The van der Waals surface area contributed by atoms with E-state index in [-0.39, 0.29) is 12.2 Å². The molecule has 1 aromatic carbocycles. The molecule has 22 heavy (non-hydrogen) atoms. The van der Waals surface area contributed by atoms with Gasteiger partial charge in [-0.3, -0.25) is 4.79 Å². The van der Waals surface area contributed by atoms with E-state index in [0.29, 0.717) is 16.7 Å². The zero-order chi connectivity index (χ0) is 15.7. The molecule has 0 aliphatic carbocycles. The van der Waals surface area contributed by atoms with Crippen molar-refractivity contribution < 1.29 is 19.1 Å². The summed E-state index contributed by atoms with van der Waals surface area (Å²) in [5.41, 5.74) is 2.05. The number of carboxylic acid groups (broad SMARTS) is 1. The normalized spacial score (nSPS) is 12.4. The number of aldehydes is 1. The molecule has 112 valence electrons. The van der Waals surface area contributed by atoms with Crippen LogP contribution in [0.15, 0.2) is 35.8 Å². The topological polar surface area (TPSA) is 70.2 Å². The molecule has 0 fully saturated rings. The Labute approximate surface area is 129 Å². The van der Waals surface area contributed by atoms with Gasteiger partial charge in [-0.15, -0.1) is 11.3 Å². The zero-order valence-electron chi connectivity index (χ0n) is 11.4. The van der Waals surface area contributed by atoms with Crippen LogP contribution in [0.4, 0.5) is 4.39 Å². The van der Waals surface area contributed by atoms with E-state index >= 15 is 0 Å². The second kappa shape index (κ2) is 5.73. The van der Waals surface area contributed by atoms with Gasteiger partial charge in [0.2, 0.25) is 0 Å². The van der Waals surface area contributed by atoms with E-state index < -0.39 is 11.9 Å². The Morgan fingerprint density at radius 1 is 1.45 bits per heavy atom. The molecule has 0 saturated carbocycles. The van der Waals surface area contributed by atoms with Crippen molar-refractivity contribution in [2.45, 2.75) is 12.3 Å². The van der Waals surface area contributed by atoms with Gasteiger partial charge in [-0.1, -0.05) is 12.1 Å². The first-order chi connectivity index (χ1) is 10.6. The molecule has 0 amide bonds. The number of carboxylic acids is 1. The van der Waals surface area contributed by atoms with Gasteiger partial charge in [-0.25, -0.2) is 4.39 Å². The number of para-hydroxylation sites is 1. The minimum Gasteiger partial charge on any atom is -0.481 e. The number of hydrogen-bond donors (Lipinski definition) is 2. The van der Waals surface area contributed by atoms with Crippen LogP contribution in [0.25, 0.3) is 22.0 Å². The van der Waals surface area contributed by atoms with Gasteiger partial charge in [0, 0.05) is 28.4 Å². The summed E-state index contributed by atoms with van der Waals surface area (Å²) in [6.45, 7) is 0. The van der Waals surface area contributed by atoms with Crippen LogP contribution in [-0.4, -0.2) is 22.3 Å². The van der Waals surface area contributed by atoms with Crippen LogP contribution in [0.3, 0.4) is 0 Å². The average molecular weight is 317 g/mol. The number of halogens is 1. The molecule has 2 heterocycles. The minimum atomic E-state index is -1.02. The molecule has 2 aromatic heterocycles. The molecule has 2 N–H and O–H groups in total. The number of aromatic nitrogens is 1. The van der Waals surface area contributed by atoms with Crippen molar-refractivity contribution in [3.05, 3.63) is 46.5 Å². The summed E-state index contributed by atoms with van der Waals surface area (Å²) in [7, 11) is 0. The Balaban J connectivity index is 2.04. The molecule has 0 spiro atoms. The average Bonchev–Trinajstić information content (AvgIpc) is 3.11. The van der Waals surface area contributed by atoms with Crippen molar-refractivity contribution in [2.24, 2.45) is 0 Å². The van der Waals surface area contributed by atoms with Gasteiger partial charge in [-0.05, 0) is 23.1 Å². The second-order valence-corrected chi connectivity index (χ2v) is 5.84. The number of H-pyrrole nitrogens is 1. The van der Waals surface area contributed by atoms with Crippen molar-refractivity contribution in [1.29, 1.82) is 0 Å². The number of aromatic amines is 1. The van der Waals surface area contributed by atoms with Crippen LogP contribution in [0.5, 0.6) is 0 Å². The smallest absolute Gasteiger partial charge is 0.312 e. The number of fused-ring (bicyclic) bond motifs is 1. The van der Waals surface area contributed by atoms with Crippen molar-refractivity contribution in [1.82, 2.24) is 4.98 Å². The third kappa shape index (κ3) is 2.42. The molecule has 6 heteroatoms. The maximum Gasteiger partial charge on any atom is 0.312 e. The van der Waals surface area contributed by atoms with Crippen LogP contribution in [-0.2, 0) is 9.59 Å². The summed E-state index contributed by atoms with van der Waals surface area (Å²) in [6.07, 6.45) is 2.26. The molecule has 0 bridgehead atoms. The highest BCUT2D eigenvalue weighted by Crippen LogP contribution is 2.35. The lowest BCUT2D eigenvalue weighted by atomic mass is 10.0. The molecule has 0 saturated heterocycles. The maximum atomic E-state index is 13.7. The fourth-order valence-corrected chi connectivity index (χ4v) is 3.48.